The van der Waals surface area contributed by atoms with Gasteiger partial charge in [-0.15, -0.1) is 12.4 Å². The predicted molar refractivity (Wildman–Crippen MR) is 81.4 cm³/mol. The highest BCUT2D eigenvalue weighted by atomic mass is 35.5. The maximum Gasteiger partial charge on any atom is 0.222 e. The summed E-state index contributed by atoms with van der Waals surface area (Å²) in [6, 6.07) is 0.296. The van der Waals surface area contributed by atoms with Gasteiger partial charge in [0.15, 0.2) is 0 Å². The lowest BCUT2D eigenvalue weighted by molar-refractivity contribution is -0.135. The van der Waals surface area contributed by atoms with Gasteiger partial charge >= 0.3 is 0 Å². The number of piperidine rings is 1. The molecule has 112 valence electrons. The second kappa shape index (κ2) is 8.11. The normalized spacial score (nSPS) is 28.2. The first-order chi connectivity index (χ1) is 8.70. The minimum absolute atomic E-state index is 0. The van der Waals surface area contributed by atoms with Crippen LogP contribution in [0.5, 0.6) is 0 Å². The third kappa shape index (κ3) is 4.64. The molecule has 2 rings (SSSR count). The Bertz CT molecular complexity index is 279. The Balaban J connectivity index is 0.00000180. The first kappa shape index (κ1) is 16.8. The molecule has 2 aliphatic rings. The van der Waals surface area contributed by atoms with Crippen molar-refractivity contribution in [2.45, 2.75) is 64.3 Å². The number of nitrogens with zero attached hydrogens (tertiary/aromatic N) is 1. The van der Waals surface area contributed by atoms with Crippen LogP contribution >= 0.6 is 12.4 Å². The van der Waals surface area contributed by atoms with Crippen LogP contribution in [0.3, 0.4) is 0 Å². The van der Waals surface area contributed by atoms with Crippen molar-refractivity contribution in [1.82, 2.24) is 4.90 Å². The van der Waals surface area contributed by atoms with Crippen molar-refractivity contribution in [2.24, 2.45) is 17.6 Å². The summed E-state index contributed by atoms with van der Waals surface area (Å²) in [7, 11) is 0. The molecule has 2 fully saturated rings. The fraction of sp³-hybridized carbons (Fsp3) is 0.933. The first-order valence-electron chi connectivity index (χ1n) is 7.70. The lowest BCUT2D eigenvalue weighted by Crippen LogP contribution is -2.49. The third-order valence-corrected chi connectivity index (χ3v) is 4.81. The van der Waals surface area contributed by atoms with Gasteiger partial charge in [-0.2, -0.15) is 0 Å². The van der Waals surface area contributed by atoms with Gasteiger partial charge in [-0.25, -0.2) is 0 Å². The summed E-state index contributed by atoms with van der Waals surface area (Å²) >= 11 is 0. The second-order valence-electron chi connectivity index (χ2n) is 6.30. The SMILES string of the molecule is CC1CCN(C(=O)CCC2CCCC2)C(CN)C1.Cl. The van der Waals surface area contributed by atoms with Crippen molar-refractivity contribution in [3.63, 3.8) is 0 Å². The summed E-state index contributed by atoms with van der Waals surface area (Å²) in [4.78, 5) is 14.4. The van der Waals surface area contributed by atoms with Crippen molar-refractivity contribution >= 4 is 18.3 Å². The van der Waals surface area contributed by atoms with Gasteiger partial charge in [0.1, 0.15) is 0 Å². The van der Waals surface area contributed by atoms with Gasteiger partial charge in [0.05, 0.1) is 0 Å². The van der Waals surface area contributed by atoms with E-state index in [1.165, 1.54) is 25.7 Å². The number of amides is 1. The highest BCUT2D eigenvalue weighted by Gasteiger charge is 2.29. The molecule has 0 bridgehead atoms. The lowest BCUT2D eigenvalue weighted by atomic mass is 9.91. The van der Waals surface area contributed by atoms with Gasteiger partial charge in [-0.1, -0.05) is 32.6 Å². The summed E-state index contributed by atoms with van der Waals surface area (Å²) in [5, 5.41) is 0. The van der Waals surface area contributed by atoms with E-state index in [9.17, 15) is 4.79 Å². The van der Waals surface area contributed by atoms with Gasteiger partial charge in [-0.05, 0) is 31.1 Å². The number of nitrogens with two attached hydrogens (primary N) is 1. The van der Waals surface area contributed by atoms with Crippen LogP contribution in [0, 0.1) is 11.8 Å². The molecule has 1 saturated carbocycles. The molecular weight excluding hydrogens is 260 g/mol. The van der Waals surface area contributed by atoms with Gasteiger partial charge in [-0.3, -0.25) is 4.79 Å². The topological polar surface area (TPSA) is 46.3 Å². The number of hydrogen-bond donors (Lipinski definition) is 1. The Morgan fingerprint density at radius 2 is 1.95 bits per heavy atom. The highest BCUT2D eigenvalue weighted by molar-refractivity contribution is 5.85. The molecule has 4 heteroatoms. The van der Waals surface area contributed by atoms with Crippen LogP contribution in [0.4, 0.5) is 0 Å². The van der Waals surface area contributed by atoms with Crippen LogP contribution in [0.1, 0.15) is 58.3 Å². The first-order valence-corrected chi connectivity index (χ1v) is 7.70. The molecule has 2 unspecified atom stereocenters. The molecule has 1 amide bonds. The zero-order valence-electron chi connectivity index (χ0n) is 12.1. The maximum atomic E-state index is 12.3. The quantitative estimate of drug-likeness (QED) is 0.864. The standard InChI is InChI=1S/C15H28N2O.ClH/c1-12-8-9-17(14(10-12)11-16)15(18)7-6-13-4-2-3-5-13;/h12-14H,2-11,16H2,1H3;1H. The fourth-order valence-electron chi connectivity index (χ4n) is 3.57. The predicted octanol–water partition coefficient (Wildman–Crippen LogP) is 2.96. The van der Waals surface area contributed by atoms with Crippen molar-refractivity contribution < 1.29 is 4.79 Å². The van der Waals surface area contributed by atoms with E-state index in [0.29, 0.717) is 18.5 Å². The zero-order chi connectivity index (χ0) is 13.0. The van der Waals surface area contributed by atoms with E-state index < -0.39 is 0 Å². The van der Waals surface area contributed by atoms with Crippen molar-refractivity contribution in [3.8, 4) is 0 Å². The maximum absolute atomic E-state index is 12.3. The molecule has 1 aliphatic heterocycles. The van der Waals surface area contributed by atoms with Crippen LogP contribution < -0.4 is 5.73 Å². The van der Waals surface area contributed by atoms with E-state index in [0.717, 1.165) is 44.1 Å². The Morgan fingerprint density at radius 1 is 1.26 bits per heavy atom. The number of carbonyl (C=O) groups is 1. The fourth-order valence-corrected chi connectivity index (χ4v) is 3.57. The molecule has 3 nitrogen and oxygen atoms in total. The lowest BCUT2D eigenvalue weighted by Gasteiger charge is -2.38. The van der Waals surface area contributed by atoms with Crippen molar-refractivity contribution in [2.75, 3.05) is 13.1 Å². The van der Waals surface area contributed by atoms with E-state index in [-0.39, 0.29) is 12.4 Å². The monoisotopic (exact) mass is 288 g/mol. The smallest absolute Gasteiger partial charge is 0.222 e. The van der Waals surface area contributed by atoms with E-state index in [1.807, 2.05) is 0 Å². The summed E-state index contributed by atoms with van der Waals surface area (Å²) in [5.74, 6) is 1.88. The van der Waals surface area contributed by atoms with Gasteiger partial charge < -0.3 is 10.6 Å². The van der Waals surface area contributed by atoms with Crippen molar-refractivity contribution in [1.29, 1.82) is 0 Å². The average Bonchev–Trinajstić information content (AvgIpc) is 2.88. The Kier molecular flexibility index (Phi) is 7.16. The zero-order valence-corrected chi connectivity index (χ0v) is 13.0. The molecular formula is C15H29ClN2O. The summed E-state index contributed by atoms with van der Waals surface area (Å²) in [5.41, 5.74) is 5.82. The van der Waals surface area contributed by atoms with E-state index in [2.05, 4.69) is 11.8 Å². The van der Waals surface area contributed by atoms with Crippen LogP contribution in [-0.2, 0) is 4.79 Å². The van der Waals surface area contributed by atoms with Crippen LogP contribution in [0.2, 0.25) is 0 Å². The number of hydrogen-bond acceptors (Lipinski definition) is 2. The second-order valence-corrected chi connectivity index (χ2v) is 6.30. The Hall–Kier alpha value is -0.280. The molecule has 2 N–H and O–H groups in total. The van der Waals surface area contributed by atoms with Crippen molar-refractivity contribution in [3.05, 3.63) is 0 Å². The van der Waals surface area contributed by atoms with Crippen LogP contribution in [0.25, 0.3) is 0 Å². The number of halogens is 1. The van der Waals surface area contributed by atoms with Gasteiger partial charge in [0.2, 0.25) is 5.91 Å². The number of carbonyl (C=O) groups excluding carboxylic acids is 1. The molecule has 0 aromatic rings. The summed E-state index contributed by atoms with van der Waals surface area (Å²) in [6.07, 6.45) is 9.49. The molecule has 1 aliphatic carbocycles. The highest BCUT2D eigenvalue weighted by Crippen LogP contribution is 2.29. The number of likely N-dealkylation sites (tertiary alicyclic amines) is 1. The summed E-state index contributed by atoms with van der Waals surface area (Å²) in [6.45, 7) is 3.81. The number of rotatable bonds is 4. The third-order valence-electron chi connectivity index (χ3n) is 4.81. The average molecular weight is 289 g/mol. The van der Waals surface area contributed by atoms with Crippen LogP contribution in [0.15, 0.2) is 0 Å². The van der Waals surface area contributed by atoms with E-state index >= 15 is 0 Å². The Labute approximate surface area is 123 Å². The molecule has 0 aromatic heterocycles. The molecule has 19 heavy (non-hydrogen) atoms. The molecule has 0 spiro atoms. The molecule has 0 aromatic carbocycles. The minimum atomic E-state index is 0. The Morgan fingerprint density at radius 3 is 2.58 bits per heavy atom. The molecule has 1 heterocycles. The van der Waals surface area contributed by atoms with Gasteiger partial charge in [0, 0.05) is 25.6 Å². The summed E-state index contributed by atoms with van der Waals surface area (Å²) < 4.78 is 0. The van der Waals surface area contributed by atoms with E-state index in [4.69, 9.17) is 5.73 Å². The van der Waals surface area contributed by atoms with E-state index in [1.54, 1.807) is 0 Å². The largest absolute Gasteiger partial charge is 0.338 e. The molecule has 0 radical (unpaired) electrons. The molecule has 1 saturated heterocycles. The minimum Gasteiger partial charge on any atom is -0.338 e. The van der Waals surface area contributed by atoms with Gasteiger partial charge in [0.25, 0.3) is 0 Å². The molecule has 2 atom stereocenters. The van der Waals surface area contributed by atoms with Crippen LogP contribution in [-0.4, -0.2) is 29.9 Å².